The van der Waals surface area contributed by atoms with Crippen molar-refractivity contribution in [2.45, 2.75) is 19.9 Å². The zero-order valence-corrected chi connectivity index (χ0v) is 10.7. The van der Waals surface area contributed by atoms with Gasteiger partial charge < -0.3 is 5.32 Å². The van der Waals surface area contributed by atoms with Crippen LogP contribution in [0.5, 0.6) is 0 Å². The van der Waals surface area contributed by atoms with E-state index < -0.39 is 0 Å². The SMILES string of the molecule is Cc1cnc(Cl)c(NC(=O)CCn2cccn2)c1. The van der Waals surface area contributed by atoms with Crippen LogP contribution in [-0.2, 0) is 11.3 Å². The highest BCUT2D eigenvalue weighted by Gasteiger charge is 2.07. The van der Waals surface area contributed by atoms with Crippen LogP contribution in [0.4, 0.5) is 5.69 Å². The maximum absolute atomic E-state index is 11.7. The van der Waals surface area contributed by atoms with Crippen molar-refractivity contribution in [3.63, 3.8) is 0 Å². The molecular weight excluding hydrogens is 252 g/mol. The first-order valence-corrected chi connectivity index (χ1v) is 5.92. The molecule has 18 heavy (non-hydrogen) atoms. The number of nitrogens with zero attached hydrogens (tertiary/aromatic N) is 3. The average molecular weight is 265 g/mol. The van der Waals surface area contributed by atoms with E-state index >= 15 is 0 Å². The van der Waals surface area contributed by atoms with E-state index in [0.717, 1.165) is 5.56 Å². The number of pyridine rings is 1. The molecule has 0 saturated heterocycles. The van der Waals surface area contributed by atoms with Gasteiger partial charge in [-0.05, 0) is 24.6 Å². The highest BCUT2D eigenvalue weighted by atomic mass is 35.5. The van der Waals surface area contributed by atoms with Crippen molar-refractivity contribution in [2.24, 2.45) is 0 Å². The Hall–Kier alpha value is -1.88. The zero-order valence-electron chi connectivity index (χ0n) is 9.93. The molecule has 0 aliphatic carbocycles. The van der Waals surface area contributed by atoms with Crippen molar-refractivity contribution in [3.05, 3.63) is 41.4 Å². The molecule has 0 aromatic carbocycles. The number of halogens is 1. The molecule has 0 saturated carbocycles. The molecule has 0 fully saturated rings. The molecule has 6 heteroatoms. The first-order chi connectivity index (χ1) is 8.65. The van der Waals surface area contributed by atoms with Crippen molar-refractivity contribution in [2.75, 3.05) is 5.32 Å². The van der Waals surface area contributed by atoms with Crippen LogP contribution in [0.25, 0.3) is 0 Å². The van der Waals surface area contributed by atoms with Gasteiger partial charge in [-0.1, -0.05) is 11.6 Å². The fourth-order valence-electron chi connectivity index (χ4n) is 1.50. The summed E-state index contributed by atoms with van der Waals surface area (Å²) in [6.07, 6.45) is 5.49. The predicted molar refractivity (Wildman–Crippen MR) is 69.5 cm³/mol. The lowest BCUT2D eigenvalue weighted by atomic mass is 10.3. The molecule has 0 atom stereocenters. The van der Waals surface area contributed by atoms with Crippen LogP contribution >= 0.6 is 11.6 Å². The minimum Gasteiger partial charge on any atom is -0.323 e. The van der Waals surface area contributed by atoms with E-state index in [0.29, 0.717) is 23.8 Å². The van der Waals surface area contributed by atoms with Gasteiger partial charge in [0.15, 0.2) is 5.15 Å². The summed E-state index contributed by atoms with van der Waals surface area (Å²) in [7, 11) is 0. The molecule has 0 unspecified atom stereocenters. The summed E-state index contributed by atoms with van der Waals surface area (Å²) in [4.78, 5) is 15.7. The number of carbonyl (C=O) groups excluding carboxylic acids is 1. The first-order valence-electron chi connectivity index (χ1n) is 5.54. The van der Waals surface area contributed by atoms with Crippen LogP contribution in [0.1, 0.15) is 12.0 Å². The molecule has 0 aliphatic rings. The second kappa shape index (κ2) is 5.64. The van der Waals surface area contributed by atoms with E-state index in [1.807, 2.05) is 19.2 Å². The van der Waals surface area contributed by atoms with Gasteiger partial charge in [0.1, 0.15) is 0 Å². The van der Waals surface area contributed by atoms with Gasteiger partial charge in [-0.2, -0.15) is 5.10 Å². The Morgan fingerprint density at radius 3 is 3.11 bits per heavy atom. The van der Waals surface area contributed by atoms with E-state index in [1.54, 1.807) is 23.1 Å². The average Bonchev–Trinajstić information content (AvgIpc) is 2.84. The molecule has 94 valence electrons. The summed E-state index contributed by atoms with van der Waals surface area (Å²) in [5.74, 6) is -0.111. The molecule has 1 amide bonds. The monoisotopic (exact) mass is 264 g/mol. The summed E-state index contributed by atoms with van der Waals surface area (Å²) in [5, 5.41) is 7.06. The van der Waals surface area contributed by atoms with Gasteiger partial charge in [0.25, 0.3) is 0 Å². The molecule has 2 heterocycles. The predicted octanol–water partition coefficient (Wildman–Crippen LogP) is 2.27. The second-order valence-corrected chi connectivity index (χ2v) is 4.28. The van der Waals surface area contributed by atoms with Crippen LogP contribution in [0.3, 0.4) is 0 Å². The van der Waals surface area contributed by atoms with Gasteiger partial charge in [-0.3, -0.25) is 9.48 Å². The van der Waals surface area contributed by atoms with Crippen molar-refractivity contribution < 1.29 is 4.79 Å². The number of aryl methyl sites for hydroxylation is 2. The lowest BCUT2D eigenvalue weighted by Gasteiger charge is -2.07. The highest BCUT2D eigenvalue weighted by molar-refractivity contribution is 6.32. The third kappa shape index (κ3) is 3.30. The third-order valence-corrected chi connectivity index (χ3v) is 2.68. The van der Waals surface area contributed by atoms with Crippen LogP contribution < -0.4 is 5.32 Å². The smallest absolute Gasteiger partial charge is 0.226 e. The molecule has 0 bridgehead atoms. The number of rotatable bonds is 4. The number of aromatic nitrogens is 3. The number of nitrogens with one attached hydrogen (secondary N) is 1. The lowest BCUT2D eigenvalue weighted by molar-refractivity contribution is -0.116. The van der Waals surface area contributed by atoms with E-state index in [-0.39, 0.29) is 5.91 Å². The topological polar surface area (TPSA) is 59.8 Å². The van der Waals surface area contributed by atoms with Gasteiger partial charge in [0.05, 0.1) is 5.69 Å². The third-order valence-electron chi connectivity index (χ3n) is 2.38. The first kappa shape index (κ1) is 12.6. The van der Waals surface area contributed by atoms with Gasteiger partial charge in [-0.25, -0.2) is 4.98 Å². The van der Waals surface area contributed by atoms with Gasteiger partial charge in [-0.15, -0.1) is 0 Å². The Labute approximate surface area is 110 Å². The van der Waals surface area contributed by atoms with E-state index in [2.05, 4.69) is 15.4 Å². The largest absolute Gasteiger partial charge is 0.323 e. The maximum Gasteiger partial charge on any atom is 0.226 e. The second-order valence-electron chi connectivity index (χ2n) is 3.92. The van der Waals surface area contributed by atoms with Crippen molar-refractivity contribution in [1.82, 2.24) is 14.8 Å². The van der Waals surface area contributed by atoms with Crippen LogP contribution in [0.15, 0.2) is 30.7 Å². The van der Waals surface area contributed by atoms with E-state index in [1.165, 1.54) is 0 Å². The molecule has 2 rings (SSSR count). The van der Waals surface area contributed by atoms with E-state index in [9.17, 15) is 4.79 Å². The molecular formula is C12H13ClN4O. The molecule has 2 aromatic heterocycles. The number of hydrogen-bond donors (Lipinski definition) is 1. The van der Waals surface area contributed by atoms with Crippen LogP contribution in [0, 0.1) is 6.92 Å². The van der Waals surface area contributed by atoms with Crippen LogP contribution in [-0.4, -0.2) is 20.7 Å². The minimum atomic E-state index is -0.111. The Morgan fingerprint density at radius 1 is 1.56 bits per heavy atom. The summed E-state index contributed by atoms with van der Waals surface area (Å²) in [6, 6.07) is 3.61. The molecule has 0 radical (unpaired) electrons. The minimum absolute atomic E-state index is 0.111. The molecule has 0 aliphatic heterocycles. The van der Waals surface area contributed by atoms with Gasteiger partial charge >= 0.3 is 0 Å². The number of hydrogen-bond acceptors (Lipinski definition) is 3. The normalized spacial score (nSPS) is 10.3. The molecule has 1 N–H and O–H groups in total. The zero-order chi connectivity index (χ0) is 13.0. The Balaban J connectivity index is 1.92. The quantitative estimate of drug-likeness (QED) is 0.862. The maximum atomic E-state index is 11.7. The van der Waals surface area contributed by atoms with Crippen molar-refractivity contribution in [1.29, 1.82) is 0 Å². The lowest BCUT2D eigenvalue weighted by Crippen LogP contribution is -2.15. The summed E-state index contributed by atoms with van der Waals surface area (Å²) in [5.41, 5.74) is 1.49. The van der Waals surface area contributed by atoms with E-state index in [4.69, 9.17) is 11.6 Å². The fraction of sp³-hybridized carbons (Fsp3) is 0.250. The molecule has 0 spiro atoms. The van der Waals surface area contributed by atoms with Gasteiger partial charge in [0.2, 0.25) is 5.91 Å². The Kier molecular flexibility index (Phi) is 3.94. The summed E-state index contributed by atoms with van der Waals surface area (Å²) < 4.78 is 1.70. The fourth-order valence-corrected chi connectivity index (χ4v) is 1.65. The molecule has 2 aromatic rings. The van der Waals surface area contributed by atoms with Gasteiger partial charge in [0, 0.05) is 31.6 Å². The number of carbonyl (C=O) groups is 1. The van der Waals surface area contributed by atoms with Crippen molar-refractivity contribution >= 4 is 23.2 Å². The number of anilines is 1. The van der Waals surface area contributed by atoms with Crippen molar-refractivity contribution in [3.8, 4) is 0 Å². The number of amides is 1. The Bertz CT molecular complexity index is 539. The molecule has 5 nitrogen and oxygen atoms in total. The standard InChI is InChI=1S/C12H13ClN4O/c1-9-7-10(12(13)14-8-9)16-11(18)3-6-17-5-2-4-15-17/h2,4-5,7-8H,3,6H2,1H3,(H,16,18). The van der Waals surface area contributed by atoms with Crippen LogP contribution in [0.2, 0.25) is 5.15 Å². The summed E-state index contributed by atoms with van der Waals surface area (Å²) >= 11 is 5.90. The highest BCUT2D eigenvalue weighted by Crippen LogP contribution is 2.19. The summed E-state index contributed by atoms with van der Waals surface area (Å²) in [6.45, 7) is 2.43. The Morgan fingerprint density at radius 2 is 2.39 bits per heavy atom.